The van der Waals surface area contributed by atoms with E-state index in [4.69, 9.17) is 4.74 Å². The molecule has 0 aliphatic carbocycles. The van der Waals surface area contributed by atoms with E-state index in [1.807, 2.05) is 36.4 Å². The van der Waals surface area contributed by atoms with Crippen LogP contribution in [0.15, 0.2) is 42.5 Å². The van der Waals surface area contributed by atoms with E-state index in [1.165, 1.54) is 5.56 Å². The number of carbonyl (C=O) groups is 1. The van der Waals surface area contributed by atoms with Crippen molar-refractivity contribution in [3.05, 3.63) is 48.0 Å². The Hall–Kier alpha value is -1.61. The summed E-state index contributed by atoms with van der Waals surface area (Å²) in [5.41, 5.74) is 1.17. The highest BCUT2D eigenvalue weighted by Gasteiger charge is 2.07. The SMILES string of the molecule is CCOC(=O)CC(O)/C=C/Cc1ccccc1. The van der Waals surface area contributed by atoms with Gasteiger partial charge in [-0.05, 0) is 18.9 Å². The molecule has 0 aliphatic heterocycles. The molecule has 1 aromatic rings. The molecule has 0 heterocycles. The summed E-state index contributed by atoms with van der Waals surface area (Å²) in [5.74, 6) is -0.371. The van der Waals surface area contributed by atoms with Crippen molar-refractivity contribution in [3.8, 4) is 0 Å². The first kappa shape index (κ1) is 13.5. The van der Waals surface area contributed by atoms with Crippen LogP contribution in [0.25, 0.3) is 0 Å². The molecule has 0 aromatic heterocycles. The molecular formula is C14H18O3. The monoisotopic (exact) mass is 234 g/mol. The molecule has 0 bridgehead atoms. The van der Waals surface area contributed by atoms with Crippen LogP contribution >= 0.6 is 0 Å². The number of aliphatic hydroxyl groups is 1. The fraction of sp³-hybridized carbons (Fsp3) is 0.357. The summed E-state index contributed by atoms with van der Waals surface area (Å²) < 4.78 is 4.74. The van der Waals surface area contributed by atoms with Crippen molar-refractivity contribution < 1.29 is 14.6 Å². The minimum absolute atomic E-state index is 0.0130. The zero-order valence-corrected chi connectivity index (χ0v) is 10.0. The standard InChI is InChI=1S/C14H18O3/c1-2-17-14(16)11-13(15)10-6-9-12-7-4-3-5-8-12/h3-8,10,13,15H,2,9,11H2,1H3/b10-6+. The molecule has 1 N–H and O–H groups in total. The van der Waals surface area contributed by atoms with Crippen LogP contribution in [0.4, 0.5) is 0 Å². The van der Waals surface area contributed by atoms with Gasteiger partial charge in [0.2, 0.25) is 0 Å². The predicted molar refractivity (Wildman–Crippen MR) is 66.5 cm³/mol. The maximum Gasteiger partial charge on any atom is 0.308 e. The number of aliphatic hydroxyl groups excluding tert-OH is 1. The normalized spacial score (nSPS) is 12.6. The molecule has 3 nitrogen and oxygen atoms in total. The van der Waals surface area contributed by atoms with E-state index in [1.54, 1.807) is 13.0 Å². The summed E-state index contributed by atoms with van der Waals surface area (Å²) in [4.78, 5) is 11.1. The molecule has 92 valence electrons. The van der Waals surface area contributed by atoms with Crippen molar-refractivity contribution in [2.24, 2.45) is 0 Å². The second kappa shape index (κ2) is 7.63. The summed E-state index contributed by atoms with van der Waals surface area (Å²) in [6, 6.07) is 9.93. The van der Waals surface area contributed by atoms with Crippen LogP contribution in [-0.2, 0) is 16.0 Å². The van der Waals surface area contributed by atoms with Crippen molar-refractivity contribution >= 4 is 5.97 Å². The zero-order valence-electron chi connectivity index (χ0n) is 10.0. The van der Waals surface area contributed by atoms with Gasteiger partial charge in [-0.15, -0.1) is 0 Å². The molecule has 0 fully saturated rings. The number of benzene rings is 1. The third-order valence-electron chi connectivity index (χ3n) is 2.24. The molecule has 1 atom stereocenters. The molecule has 0 spiro atoms. The molecule has 0 saturated heterocycles. The topological polar surface area (TPSA) is 46.5 Å². The predicted octanol–water partition coefficient (Wildman–Crippen LogP) is 2.10. The van der Waals surface area contributed by atoms with Crippen molar-refractivity contribution in [3.63, 3.8) is 0 Å². The lowest BCUT2D eigenvalue weighted by atomic mass is 10.1. The summed E-state index contributed by atoms with van der Waals surface area (Å²) in [7, 11) is 0. The second-order valence-corrected chi connectivity index (χ2v) is 3.69. The van der Waals surface area contributed by atoms with E-state index < -0.39 is 6.10 Å². The number of carbonyl (C=O) groups excluding carboxylic acids is 1. The third kappa shape index (κ3) is 5.88. The van der Waals surface area contributed by atoms with Gasteiger partial charge in [0.05, 0.1) is 19.1 Å². The van der Waals surface area contributed by atoms with Crippen LogP contribution in [0.2, 0.25) is 0 Å². The average Bonchev–Trinajstić information content (AvgIpc) is 2.30. The number of esters is 1. The van der Waals surface area contributed by atoms with Gasteiger partial charge in [0, 0.05) is 0 Å². The number of rotatable bonds is 6. The lowest BCUT2D eigenvalue weighted by Crippen LogP contribution is -2.13. The molecule has 1 unspecified atom stereocenters. The van der Waals surface area contributed by atoms with Gasteiger partial charge in [0.1, 0.15) is 0 Å². The van der Waals surface area contributed by atoms with Gasteiger partial charge >= 0.3 is 5.97 Å². The van der Waals surface area contributed by atoms with Crippen molar-refractivity contribution in [2.75, 3.05) is 6.61 Å². The lowest BCUT2D eigenvalue weighted by molar-refractivity contribution is -0.144. The van der Waals surface area contributed by atoms with Crippen molar-refractivity contribution in [1.82, 2.24) is 0 Å². The molecule has 0 aliphatic rings. The molecule has 0 saturated carbocycles. The van der Waals surface area contributed by atoms with Gasteiger partial charge < -0.3 is 9.84 Å². The minimum Gasteiger partial charge on any atom is -0.466 e. The third-order valence-corrected chi connectivity index (χ3v) is 2.24. The number of ether oxygens (including phenoxy) is 1. The molecule has 1 aromatic carbocycles. The molecular weight excluding hydrogens is 216 g/mol. The first-order valence-electron chi connectivity index (χ1n) is 5.76. The lowest BCUT2D eigenvalue weighted by Gasteiger charge is -2.04. The van der Waals surface area contributed by atoms with Gasteiger partial charge in [-0.2, -0.15) is 0 Å². The number of allylic oxidation sites excluding steroid dienone is 1. The second-order valence-electron chi connectivity index (χ2n) is 3.69. The Morgan fingerprint density at radius 2 is 2.12 bits per heavy atom. The quantitative estimate of drug-likeness (QED) is 0.605. The van der Waals surface area contributed by atoms with Gasteiger partial charge in [0.15, 0.2) is 0 Å². The van der Waals surface area contributed by atoms with Crippen LogP contribution in [0, 0.1) is 0 Å². The van der Waals surface area contributed by atoms with Crippen LogP contribution in [-0.4, -0.2) is 23.8 Å². The van der Waals surface area contributed by atoms with E-state index in [0.29, 0.717) is 6.61 Å². The highest BCUT2D eigenvalue weighted by atomic mass is 16.5. The molecule has 1 rings (SSSR count). The zero-order chi connectivity index (χ0) is 12.5. The van der Waals surface area contributed by atoms with Crippen LogP contribution in [0.1, 0.15) is 18.9 Å². The average molecular weight is 234 g/mol. The number of hydrogen-bond acceptors (Lipinski definition) is 3. The van der Waals surface area contributed by atoms with E-state index >= 15 is 0 Å². The summed E-state index contributed by atoms with van der Waals surface area (Å²) in [6.07, 6.45) is 3.49. The fourth-order valence-electron chi connectivity index (χ4n) is 1.43. The maximum atomic E-state index is 11.1. The van der Waals surface area contributed by atoms with E-state index in [-0.39, 0.29) is 12.4 Å². The molecule has 0 amide bonds. The van der Waals surface area contributed by atoms with Gasteiger partial charge in [-0.1, -0.05) is 42.5 Å². The van der Waals surface area contributed by atoms with E-state index in [9.17, 15) is 9.90 Å². The Balaban J connectivity index is 2.31. The molecule has 17 heavy (non-hydrogen) atoms. The van der Waals surface area contributed by atoms with Crippen LogP contribution in [0.3, 0.4) is 0 Å². The van der Waals surface area contributed by atoms with Gasteiger partial charge in [0.25, 0.3) is 0 Å². The smallest absolute Gasteiger partial charge is 0.308 e. The summed E-state index contributed by atoms with van der Waals surface area (Å²) in [5, 5.41) is 9.54. The molecule has 3 heteroatoms. The Kier molecular flexibility index (Phi) is 6.04. The first-order valence-corrected chi connectivity index (χ1v) is 5.76. The highest BCUT2D eigenvalue weighted by Crippen LogP contribution is 2.02. The molecule has 0 radical (unpaired) electrons. The number of hydrogen-bond donors (Lipinski definition) is 1. The van der Waals surface area contributed by atoms with Crippen LogP contribution < -0.4 is 0 Å². The first-order chi connectivity index (χ1) is 8.22. The largest absolute Gasteiger partial charge is 0.466 e. The Morgan fingerprint density at radius 1 is 1.41 bits per heavy atom. The Morgan fingerprint density at radius 3 is 2.76 bits per heavy atom. The Bertz CT molecular complexity index is 357. The van der Waals surface area contributed by atoms with Crippen LogP contribution in [0.5, 0.6) is 0 Å². The summed E-state index contributed by atoms with van der Waals surface area (Å²) in [6.45, 7) is 2.09. The highest BCUT2D eigenvalue weighted by molar-refractivity contribution is 5.70. The van der Waals surface area contributed by atoms with E-state index in [2.05, 4.69) is 0 Å². The fourth-order valence-corrected chi connectivity index (χ4v) is 1.43. The summed E-state index contributed by atoms with van der Waals surface area (Å²) >= 11 is 0. The van der Waals surface area contributed by atoms with Gasteiger partial charge in [-0.25, -0.2) is 0 Å². The van der Waals surface area contributed by atoms with Gasteiger partial charge in [-0.3, -0.25) is 4.79 Å². The van der Waals surface area contributed by atoms with E-state index in [0.717, 1.165) is 6.42 Å². The Labute approximate surface area is 102 Å². The maximum absolute atomic E-state index is 11.1. The van der Waals surface area contributed by atoms with Crippen molar-refractivity contribution in [2.45, 2.75) is 25.9 Å². The minimum atomic E-state index is -0.766. The van der Waals surface area contributed by atoms with Crippen molar-refractivity contribution in [1.29, 1.82) is 0 Å².